The highest BCUT2D eigenvalue weighted by molar-refractivity contribution is 6.04. The first-order chi connectivity index (χ1) is 9.63. The van der Waals surface area contributed by atoms with E-state index in [9.17, 15) is 9.59 Å². The van der Waals surface area contributed by atoms with E-state index in [1.54, 1.807) is 13.8 Å². The number of nitrogens with zero attached hydrogens (tertiary/aromatic N) is 1. The van der Waals surface area contributed by atoms with Crippen molar-refractivity contribution in [2.45, 2.75) is 40.2 Å². The summed E-state index contributed by atoms with van der Waals surface area (Å²) >= 11 is 0. The predicted octanol–water partition coefficient (Wildman–Crippen LogP) is 0.376. The smallest absolute Gasteiger partial charge is 0.235 e. The normalized spacial score (nSPS) is 17.4. The van der Waals surface area contributed by atoms with Crippen LogP contribution in [0.4, 0.5) is 0 Å². The van der Waals surface area contributed by atoms with Crippen molar-refractivity contribution in [2.75, 3.05) is 39.4 Å². The van der Waals surface area contributed by atoms with Crippen molar-refractivity contribution in [2.24, 2.45) is 5.41 Å². The zero-order valence-electron chi connectivity index (χ0n) is 13.9. The lowest BCUT2D eigenvalue weighted by atomic mass is 9.89. The summed E-state index contributed by atoms with van der Waals surface area (Å²) in [6.07, 6.45) is 0. The highest BCUT2D eigenvalue weighted by Gasteiger charge is 2.37. The summed E-state index contributed by atoms with van der Waals surface area (Å²) in [6, 6.07) is 0. The Morgan fingerprint density at radius 1 is 1.05 bits per heavy atom. The van der Waals surface area contributed by atoms with Crippen LogP contribution in [0.5, 0.6) is 0 Å². The Bertz CT molecular complexity index is 369. The quantitative estimate of drug-likeness (QED) is 0.720. The minimum atomic E-state index is -1.07. The van der Waals surface area contributed by atoms with E-state index < -0.39 is 5.41 Å². The van der Waals surface area contributed by atoms with Gasteiger partial charge in [-0.1, -0.05) is 0 Å². The summed E-state index contributed by atoms with van der Waals surface area (Å²) in [7, 11) is 0. The first-order valence-electron chi connectivity index (χ1n) is 7.54. The van der Waals surface area contributed by atoms with Crippen molar-refractivity contribution in [1.29, 1.82) is 0 Å². The fraction of sp³-hybridized carbons (Fsp3) is 0.867. The summed E-state index contributed by atoms with van der Waals surface area (Å²) in [4.78, 5) is 26.6. The van der Waals surface area contributed by atoms with Gasteiger partial charge < -0.3 is 15.4 Å². The molecule has 1 heterocycles. The lowest BCUT2D eigenvalue weighted by molar-refractivity contribution is -0.142. The Labute approximate surface area is 127 Å². The summed E-state index contributed by atoms with van der Waals surface area (Å²) < 4.78 is 5.28. The maximum atomic E-state index is 12.2. The molecule has 0 aromatic rings. The first kappa shape index (κ1) is 17.9. The van der Waals surface area contributed by atoms with Crippen LogP contribution >= 0.6 is 0 Å². The van der Waals surface area contributed by atoms with Gasteiger partial charge in [-0.25, -0.2) is 0 Å². The van der Waals surface area contributed by atoms with E-state index in [1.165, 1.54) is 0 Å². The van der Waals surface area contributed by atoms with Gasteiger partial charge in [0.1, 0.15) is 5.41 Å². The molecule has 2 amide bonds. The molecule has 2 N–H and O–H groups in total. The summed E-state index contributed by atoms with van der Waals surface area (Å²) in [6.45, 7) is 13.6. The van der Waals surface area contributed by atoms with E-state index in [1.807, 2.05) is 20.8 Å². The van der Waals surface area contributed by atoms with Crippen molar-refractivity contribution < 1.29 is 14.3 Å². The Morgan fingerprint density at radius 2 is 1.62 bits per heavy atom. The third kappa shape index (κ3) is 6.01. The number of carbonyl (C=O) groups excluding carboxylic acids is 2. The van der Waals surface area contributed by atoms with Crippen molar-refractivity contribution in [3.05, 3.63) is 0 Å². The molecule has 1 saturated heterocycles. The fourth-order valence-electron chi connectivity index (χ4n) is 1.97. The zero-order chi connectivity index (χ0) is 16.1. The van der Waals surface area contributed by atoms with Crippen molar-refractivity contribution in [3.63, 3.8) is 0 Å². The molecule has 1 rings (SSSR count). The Morgan fingerprint density at radius 3 is 2.14 bits per heavy atom. The lowest BCUT2D eigenvalue weighted by Gasteiger charge is -2.30. The number of hydrogen-bond donors (Lipinski definition) is 2. The average Bonchev–Trinajstić information content (AvgIpc) is 2.37. The molecular weight excluding hydrogens is 270 g/mol. The number of amides is 2. The molecular formula is C15H29N3O3. The van der Waals surface area contributed by atoms with Gasteiger partial charge in [0.2, 0.25) is 11.8 Å². The zero-order valence-corrected chi connectivity index (χ0v) is 13.9. The van der Waals surface area contributed by atoms with Gasteiger partial charge in [0.15, 0.2) is 0 Å². The van der Waals surface area contributed by atoms with Crippen LogP contribution in [0.25, 0.3) is 0 Å². The van der Waals surface area contributed by atoms with Crippen LogP contribution < -0.4 is 10.6 Å². The van der Waals surface area contributed by atoms with E-state index >= 15 is 0 Å². The molecule has 0 bridgehead atoms. The van der Waals surface area contributed by atoms with Crippen molar-refractivity contribution >= 4 is 11.8 Å². The van der Waals surface area contributed by atoms with Gasteiger partial charge in [0, 0.05) is 31.7 Å². The van der Waals surface area contributed by atoms with Crippen LogP contribution in [0, 0.1) is 5.41 Å². The number of carbonyl (C=O) groups is 2. The van der Waals surface area contributed by atoms with Gasteiger partial charge in [-0.3, -0.25) is 14.5 Å². The third-order valence-corrected chi connectivity index (χ3v) is 3.44. The van der Waals surface area contributed by atoms with Gasteiger partial charge in [-0.15, -0.1) is 0 Å². The van der Waals surface area contributed by atoms with E-state index in [0.29, 0.717) is 6.54 Å². The number of rotatable bonds is 5. The Kier molecular flexibility index (Phi) is 6.16. The molecule has 0 atom stereocenters. The van der Waals surface area contributed by atoms with Crippen LogP contribution in [-0.4, -0.2) is 61.6 Å². The van der Waals surface area contributed by atoms with E-state index in [-0.39, 0.29) is 17.4 Å². The molecule has 21 heavy (non-hydrogen) atoms. The molecule has 0 aromatic carbocycles. The highest BCUT2D eigenvalue weighted by Crippen LogP contribution is 2.17. The van der Waals surface area contributed by atoms with E-state index in [0.717, 1.165) is 32.8 Å². The van der Waals surface area contributed by atoms with E-state index in [2.05, 4.69) is 15.5 Å². The topological polar surface area (TPSA) is 70.7 Å². The number of hydrogen-bond acceptors (Lipinski definition) is 4. The average molecular weight is 299 g/mol. The molecule has 6 heteroatoms. The number of morpholine rings is 1. The molecule has 6 nitrogen and oxygen atoms in total. The Balaban J connectivity index is 2.39. The molecule has 1 fully saturated rings. The minimum Gasteiger partial charge on any atom is -0.379 e. The second-order valence-electron chi connectivity index (χ2n) is 7.04. The van der Waals surface area contributed by atoms with Crippen LogP contribution in [0.1, 0.15) is 34.6 Å². The maximum Gasteiger partial charge on any atom is 0.235 e. The highest BCUT2D eigenvalue weighted by atomic mass is 16.5. The lowest BCUT2D eigenvalue weighted by Crippen LogP contribution is -2.53. The van der Waals surface area contributed by atoms with Crippen molar-refractivity contribution in [1.82, 2.24) is 15.5 Å². The van der Waals surface area contributed by atoms with Crippen LogP contribution in [0.3, 0.4) is 0 Å². The number of ether oxygens (including phenoxy) is 1. The third-order valence-electron chi connectivity index (χ3n) is 3.44. The molecule has 1 aliphatic heterocycles. The second-order valence-corrected chi connectivity index (χ2v) is 7.04. The first-order valence-corrected chi connectivity index (χ1v) is 7.54. The largest absolute Gasteiger partial charge is 0.379 e. The molecule has 0 radical (unpaired) electrons. The van der Waals surface area contributed by atoms with Gasteiger partial charge in [0.05, 0.1) is 13.2 Å². The molecule has 0 unspecified atom stereocenters. The molecule has 0 aliphatic carbocycles. The summed E-state index contributed by atoms with van der Waals surface area (Å²) in [5.41, 5.74) is -1.42. The molecule has 122 valence electrons. The van der Waals surface area contributed by atoms with Crippen molar-refractivity contribution in [3.8, 4) is 0 Å². The fourth-order valence-corrected chi connectivity index (χ4v) is 1.97. The molecule has 1 aliphatic rings. The maximum absolute atomic E-state index is 12.2. The van der Waals surface area contributed by atoms with Gasteiger partial charge >= 0.3 is 0 Å². The van der Waals surface area contributed by atoms with Gasteiger partial charge in [-0.05, 0) is 34.6 Å². The van der Waals surface area contributed by atoms with Crippen LogP contribution in [0.15, 0.2) is 0 Å². The SMILES string of the molecule is CC(C)(C)NC(=O)C(C)(C)C(=O)NCCN1CCOCC1. The predicted molar refractivity (Wildman–Crippen MR) is 81.9 cm³/mol. The monoisotopic (exact) mass is 299 g/mol. The summed E-state index contributed by atoms with van der Waals surface area (Å²) in [5, 5.41) is 5.71. The standard InChI is InChI=1S/C15H29N3O3/c1-14(2,3)17-13(20)15(4,5)12(19)16-6-7-18-8-10-21-11-9-18/h6-11H2,1-5H3,(H,16,19)(H,17,20). The van der Waals surface area contributed by atoms with Gasteiger partial charge in [0.25, 0.3) is 0 Å². The molecule has 0 saturated carbocycles. The van der Waals surface area contributed by atoms with E-state index in [4.69, 9.17) is 4.74 Å². The second kappa shape index (κ2) is 7.22. The Hall–Kier alpha value is -1.14. The molecule has 0 aromatic heterocycles. The number of nitrogens with one attached hydrogen (secondary N) is 2. The van der Waals surface area contributed by atoms with Gasteiger partial charge in [-0.2, -0.15) is 0 Å². The minimum absolute atomic E-state index is 0.238. The van der Waals surface area contributed by atoms with Crippen LogP contribution in [-0.2, 0) is 14.3 Å². The molecule has 0 spiro atoms. The summed E-state index contributed by atoms with van der Waals surface area (Å²) in [5.74, 6) is -0.489. The van der Waals surface area contributed by atoms with Crippen LogP contribution in [0.2, 0.25) is 0 Å².